The molecule has 0 atom stereocenters. The lowest BCUT2D eigenvalue weighted by molar-refractivity contribution is 0.0999. The molecule has 6 heteroatoms. The van der Waals surface area contributed by atoms with Crippen molar-refractivity contribution in [1.82, 2.24) is 9.72 Å². The number of benzene rings is 1. The number of fused-ring (bicyclic) bond motifs is 1. The Bertz CT molecular complexity index is 879. The number of carbonyl (C=O) groups excluding carboxylic acids is 1. The number of primary amides is 1. The molecular formula is C15H13N3O3. The van der Waals surface area contributed by atoms with Crippen LogP contribution in [-0.2, 0) is 6.54 Å². The maximum absolute atomic E-state index is 12.3. The van der Waals surface area contributed by atoms with Crippen LogP contribution in [0.1, 0.15) is 17.3 Å². The maximum atomic E-state index is 12.3. The highest BCUT2D eigenvalue weighted by molar-refractivity contribution is 5.96. The van der Waals surface area contributed by atoms with E-state index in [0.29, 0.717) is 17.7 Å². The molecule has 21 heavy (non-hydrogen) atoms. The van der Waals surface area contributed by atoms with Gasteiger partial charge in [0, 0.05) is 29.8 Å². The lowest BCUT2D eigenvalue weighted by Crippen LogP contribution is -2.24. The number of hydrogen-bond donors (Lipinski definition) is 1. The van der Waals surface area contributed by atoms with E-state index in [1.807, 2.05) is 17.6 Å². The molecule has 2 N–H and O–H groups in total. The largest absolute Gasteiger partial charge is 0.365 e. The fourth-order valence-corrected chi connectivity index (χ4v) is 2.35. The van der Waals surface area contributed by atoms with Crippen LogP contribution < -0.4 is 11.2 Å². The molecule has 106 valence electrons. The summed E-state index contributed by atoms with van der Waals surface area (Å²) >= 11 is 0. The molecule has 2 aromatic heterocycles. The normalized spacial score (nSPS) is 10.9. The summed E-state index contributed by atoms with van der Waals surface area (Å²) < 4.78 is 6.94. The Morgan fingerprint density at radius 3 is 2.81 bits per heavy atom. The Balaban J connectivity index is 2.34. The van der Waals surface area contributed by atoms with E-state index in [2.05, 4.69) is 5.16 Å². The fraction of sp³-hybridized carbons (Fsp3) is 0.133. The van der Waals surface area contributed by atoms with Gasteiger partial charge in [-0.15, -0.1) is 0 Å². The van der Waals surface area contributed by atoms with Gasteiger partial charge in [-0.1, -0.05) is 11.2 Å². The predicted octanol–water partition coefficient (Wildman–Crippen LogP) is 1.78. The molecule has 0 aliphatic heterocycles. The molecule has 0 fully saturated rings. The smallest absolute Gasteiger partial charge is 0.254 e. The second kappa shape index (κ2) is 4.90. The van der Waals surface area contributed by atoms with Gasteiger partial charge >= 0.3 is 0 Å². The number of aromatic nitrogens is 2. The molecular weight excluding hydrogens is 270 g/mol. The van der Waals surface area contributed by atoms with Gasteiger partial charge in [-0.2, -0.15) is 0 Å². The Kier molecular flexibility index (Phi) is 3.06. The van der Waals surface area contributed by atoms with Crippen LogP contribution in [0.4, 0.5) is 0 Å². The first-order valence-electron chi connectivity index (χ1n) is 6.50. The topological polar surface area (TPSA) is 91.1 Å². The van der Waals surface area contributed by atoms with Crippen LogP contribution in [0, 0.1) is 0 Å². The molecule has 6 nitrogen and oxygen atoms in total. The lowest BCUT2D eigenvalue weighted by Gasteiger charge is -2.11. The SMILES string of the molecule is CCn1cc(C(N)=O)c(=O)c2ccc(-c3ccno3)cc21. The van der Waals surface area contributed by atoms with Crippen LogP contribution in [0.3, 0.4) is 0 Å². The van der Waals surface area contributed by atoms with Gasteiger partial charge in [0.15, 0.2) is 5.76 Å². The van der Waals surface area contributed by atoms with E-state index in [-0.39, 0.29) is 11.0 Å². The van der Waals surface area contributed by atoms with Crippen molar-refractivity contribution in [1.29, 1.82) is 0 Å². The van der Waals surface area contributed by atoms with Crippen molar-refractivity contribution < 1.29 is 9.32 Å². The van der Waals surface area contributed by atoms with Crippen molar-refractivity contribution in [3.05, 3.63) is 52.4 Å². The minimum Gasteiger partial charge on any atom is -0.365 e. The van der Waals surface area contributed by atoms with Gasteiger partial charge in [-0.25, -0.2) is 0 Å². The molecule has 0 aliphatic carbocycles. The first-order valence-corrected chi connectivity index (χ1v) is 6.50. The third-order valence-electron chi connectivity index (χ3n) is 3.41. The first kappa shape index (κ1) is 13.1. The van der Waals surface area contributed by atoms with Gasteiger partial charge < -0.3 is 14.8 Å². The van der Waals surface area contributed by atoms with E-state index >= 15 is 0 Å². The van der Waals surface area contributed by atoms with Gasteiger partial charge in [-0.05, 0) is 19.1 Å². The summed E-state index contributed by atoms with van der Waals surface area (Å²) in [5, 5.41) is 4.13. The quantitative estimate of drug-likeness (QED) is 0.793. The van der Waals surface area contributed by atoms with E-state index in [4.69, 9.17) is 10.3 Å². The molecule has 1 amide bonds. The van der Waals surface area contributed by atoms with Crippen LogP contribution in [0.2, 0.25) is 0 Å². The van der Waals surface area contributed by atoms with E-state index in [9.17, 15) is 9.59 Å². The van der Waals surface area contributed by atoms with E-state index in [0.717, 1.165) is 11.1 Å². The number of hydrogen-bond acceptors (Lipinski definition) is 4. The first-order chi connectivity index (χ1) is 10.1. The van der Waals surface area contributed by atoms with Crippen molar-refractivity contribution in [3.63, 3.8) is 0 Å². The second-order valence-corrected chi connectivity index (χ2v) is 4.63. The van der Waals surface area contributed by atoms with Crippen LogP contribution in [0.15, 0.2) is 46.0 Å². The average molecular weight is 283 g/mol. The molecule has 0 bridgehead atoms. The number of aryl methyl sites for hydroxylation is 1. The molecule has 3 aromatic rings. The van der Waals surface area contributed by atoms with Gasteiger partial charge in [0.05, 0.1) is 11.7 Å². The standard InChI is InChI=1S/C15H13N3O3/c1-2-18-8-11(15(16)20)14(19)10-4-3-9(7-12(10)18)13-5-6-17-21-13/h3-8H,2H2,1H3,(H2,16,20). The Labute approximate surface area is 119 Å². The van der Waals surface area contributed by atoms with Gasteiger partial charge in [0.2, 0.25) is 5.43 Å². The maximum Gasteiger partial charge on any atom is 0.254 e. The number of rotatable bonds is 3. The summed E-state index contributed by atoms with van der Waals surface area (Å²) in [7, 11) is 0. The monoisotopic (exact) mass is 283 g/mol. The molecule has 0 saturated carbocycles. The summed E-state index contributed by atoms with van der Waals surface area (Å²) in [6.45, 7) is 2.53. The Morgan fingerprint density at radius 1 is 1.38 bits per heavy atom. The third-order valence-corrected chi connectivity index (χ3v) is 3.41. The molecule has 0 unspecified atom stereocenters. The van der Waals surface area contributed by atoms with Gasteiger partial charge in [0.25, 0.3) is 5.91 Å². The summed E-state index contributed by atoms with van der Waals surface area (Å²) in [5.74, 6) is -0.102. The Morgan fingerprint density at radius 2 is 2.19 bits per heavy atom. The number of pyridine rings is 1. The molecule has 0 saturated heterocycles. The number of nitrogens with two attached hydrogens (primary N) is 1. The zero-order chi connectivity index (χ0) is 15.0. The molecule has 2 heterocycles. The van der Waals surface area contributed by atoms with Crippen molar-refractivity contribution in [2.75, 3.05) is 0 Å². The predicted molar refractivity (Wildman–Crippen MR) is 77.9 cm³/mol. The zero-order valence-corrected chi connectivity index (χ0v) is 11.4. The summed E-state index contributed by atoms with van der Waals surface area (Å²) in [6.07, 6.45) is 3.06. The van der Waals surface area contributed by atoms with Crippen molar-refractivity contribution >= 4 is 16.8 Å². The molecule has 3 rings (SSSR count). The van der Waals surface area contributed by atoms with Gasteiger partial charge in [0.1, 0.15) is 5.56 Å². The number of carbonyl (C=O) groups is 1. The number of nitrogens with zero attached hydrogens (tertiary/aromatic N) is 2. The third kappa shape index (κ3) is 2.10. The molecule has 1 aromatic carbocycles. The summed E-state index contributed by atoms with van der Waals surface area (Å²) in [6, 6.07) is 7.02. The van der Waals surface area contributed by atoms with Crippen molar-refractivity contribution in [2.24, 2.45) is 5.73 Å². The Hall–Kier alpha value is -2.89. The second-order valence-electron chi connectivity index (χ2n) is 4.63. The zero-order valence-electron chi connectivity index (χ0n) is 11.4. The van der Waals surface area contributed by atoms with E-state index in [1.165, 1.54) is 6.20 Å². The van der Waals surface area contributed by atoms with Gasteiger partial charge in [-0.3, -0.25) is 9.59 Å². The van der Waals surface area contributed by atoms with Crippen LogP contribution in [-0.4, -0.2) is 15.6 Å². The van der Waals surface area contributed by atoms with Crippen LogP contribution in [0.5, 0.6) is 0 Å². The molecule has 0 spiro atoms. The van der Waals surface area contributed by atoms with Crippen LogP contribution >= 0.6 is 0 Å². The molecule has 0 radical (unpaired) electrons. The lowest BCUT2D eigenvalue weighted by atomic mass is 10.1. The summed E-state index contributed by atoms with van der Waals surface area (Å²) in [4.78, 5) is 23.7. The minimum atomic E-state index is -0.719. The highest BCUT2D eigenvalue weighted by atomic mass is 16.5. The molecule has 0 aliphatic rings. The van der Waals surface area contributed by atoms with Crippen molar-refractivity contribution in [2.45, 2.75) is 13.5 Å². The highest BCUT2D eigenvalue weighted by Gasteiger charge is 2.13. The average Bonchev–Trinajstić information content (AvgIpc) is 3.01. The van der Waals surface area contributed by atoms with E-state index in [1.54, 1.807) is 24.4 Å². The number of amides is 1. The minimum absolute atomic E-state index is 0.00300. The van der Waals surface area contributed by atoms with Crippen LogP contribution in [0.25, 0.3) is 22.2 Å². The van der Waals surface area contributed by atoms with Crippen molar-refractivity contribution in [3.8, 4) is 11.3 Å². The fourth-order valence-electron chi connectivity index (χ4n) is 2.35. The van der Waals surface area contributed by atoms with E-state index < -0.39 is 5.91 Å². The highest BCUT2D eigenvalue weighted by Crippen LogP contribution is 2.23. The summed E-state index contributed by atoms with van der Waals surface area (Å²) in [5.41, 5.74) is 6.44.